The minimum Gasteiger partial charge on any atom is -0.325 e. The van der Waals surface area contributed by atoms with E-state index in [2.05, 4.69) is 41.2 Å². The first-order chi connectivity index (χ1) is 11.4. The van der Waals surface area contributed by atoms with E-state index in [0.29, 0.717) is 12.0 Å². The lowest BCUT2D eigenvalue weighted by Gasteiger charge is -2.28. The van der Waals surface area contributed by atoms with Gasteiger partial charge in [-0.2, -0.15) is 0 Å². The van der Waals surface area contributed by atoms with Crippen molar-refractivity contribution in [3.8, 4) is 0 Å². The highest BCUT2D eigenvalue weighted by Gasteiger charge is 2.27. The molecular formula is C21H30N2. The predicted octanol–water partition coefficient (Wildman–Crippen LogP) is 4.93. The molecule has 2 N–H and O–H groups in total. The van der Waals surface area contributed by atoms with Crippen LogP contribution in [0.2, 0.25) is 0 Å². The Morgan fingerprint density at radius 1 is 0.826 bits per heavy atom. The smallest absolute Gasteiger partial charge is 0.0670 e. The van der Waals surface area contributed by atoms with Gasteiger partial charge in [0.1, 0.15) is 0 Å². The molecule has 0 spiro atoms. The summed E-state index contributed by atoms with van der Waals surface area (Å²) in [6.45, 7) is 0. The molecule has 1 aliphatic heterocycles. The van der Waals surface area contributed by atoms with Gasteiger partial charge in [0.25, 0.3) is 0 Å². The largest absolute Gasteiger partial charge is 0.325 e. The van der Waals surface area contributed by atoms with Gasteiger partial charge >= 0.3 is 0 Å². The normalized spacial score (nSPS) is 34.4. The fraction of sp³-hybridized carbons (Fsp3) is 0.619. The Bertz CT molecular complexity index is 552. The first kappa shape index (κ1) is 15.3. The van der Waals surface area contributed by atoms with Crippen molar-refractivity contribution in [2.75, 3.05) is 0 Å². The molecule has 124 valence electrons. The van der Waals surface area contributed by atoms with Gasteiger partial charge in [-0.25, -0.2) is 5.43 Å². The molecule has 0 fully saturated rings. The Morgan fingerprint density at radius 2 is 1.83 bits per heavy atom. The number of hydrogen-bond acceptors (Lipinski definition) is 2. The minimum atomic E-state index is 0.428. The van der Waals surface area contributed by atoms with Gasteiger partial charge in [-0.05, 0) is 76.2 Å². The molecule has 1 unspecified atom stereocenters. The number of nitrogens with one attached hydrogen (secondary N) is 2. The van der Waals surface area contributed by atoms with E-state index in [1.807, 2.05) is 0 Å². The molecule has 3 aliphatic carbocycles. The van der Waals surface area contributed by atoms with Crippen molar-refractivity contribution in [2.24, 2.45) is 11.8 Å². The molecule has 4 rings (SSSR count). The Morgan fingerprint density at radius 3 is 2.57 bits per heavy atom. The molecule has 2 nitrogen and oxygen atoms in total. The van der Waals surface area contributed by atoms with Gasteiger partial charge in [-0.3, -0.25) is 0 Å². The van der Waals surface area contributed by atoms with Crippen LogP contribution in [-0.2, 0) is 0 Å². The van der Waals surface area contributed by atoms with Gasteiger partial charge in [0.2, 0.25) is 0 Å². The van der Waals surface area contributed by atoms with Crippen molar-refractivity contribution in [1.82, 2.24) is 10.9 Å². The predicted molar refractivity (Wildman–Crippen MR) is 96.6 cm³/mol. The van der Waals surface area contributed by atoms with E-state index in [-0.39, 0.29) is 0 Å². The van der Waals surface area contributed by atoms with E-state index in [0.717, 1.165) is 5.92 Å². The molecule has 0 amide bonds. The molecule has 0 bridgehead atoms. The fourth-order valence-corrected chi connectivity index (χ4v) is 4.65. The highest BCUT2D eigenvalue weighted by atomic mass is 15.4. The van der Waals surface area contributed by atoms with Crippen LogP contribution in [0.3, 0.4) is 0 Å². The highest BCUT2D eigenvalue weighted by Crippen LogP contribution is 2.36. The van der Waals surface area contributed by atoms with Crippen molar-refractivity contribution in [1.29, 1.82) is 0 Å². The third-order valence-electron chi connectivity index (χ3n) is 6.12. The van der Waals surface area contributed by atoms with Gasteiger partial charge in [0.05, 0.1) is 6.04 Å². The summed E-state index contributed by atoms with van der Waals surface area (Å²) in [5.41, 5.74) is 11.8. The van der Waals surface area contributed by atoms with Crippen molar-refractivity contribution in [3.63, 3.8) is 0 Å². The second kappa shape index (κ2) is 7.09. The van der Waals surface area contributed by atoms with Crippen molar-refractivity contribution in [2.45, 2.75) is 70.3 Å². The summed E-state index contributed by atoms with van der Waals surface area (Å²) in [6, 6.07) is 0.428. The van der Waals surface area contributed by atoms with Gasteiger partial charge in [0, 0.05) is 11.6 Å². The Kier molecular flexibility index (Phi) is 4.70. The Labute approximate surface area is 140 Å². The van der Waals surface area contributed by atoms with E-state index in [1.54, 1.807) is 11.1 Å². The molecule has 2 heteroatoms. The second-order valence-corrected chi connectivity index (χ2v) is 7.63. The topological polar surface area (TPSA) is 24.1 Å². The molecule has 4 aliphatic rings. The summed E-state index contributed by atoms with van der Waals surface area (Å²) >= 11 is 0. The summed E-state index contributed by atoms with van der Waals surface area (Å²) in [5, 5.41) is 0. The second-order valence-electron chi connectivity index (χ2n) is 7.63. The highest BCUT2D eigenvalue weighted by molar-refractivity contribution is 5.29. The maximum Gasteiger partial charge on any atom is 0.0670 e. The zero-order valence-corrected chi connectivity index (χ0v) is 14.2. The van der Waals surface area contributed by atoms with E-state index < -0.39 is 0 Å². The van der Waals surface area contributed by atoms with Gasteiger partial charge in [-0.15, -0.1) is 0 Å². The summed E-state index contributed by atoms with van der Waals surface area (Å²) in [5.74, 6) is 1.53. The van der Waals surface area contributed by atoms with Crippen LogP contribution in [0.15, 0.2) is 47.2 Å². The maximum absolute atomic E-state index is 3.52. The van der Waals surface area contributed by atoms with E-state index >= 15 is 0 Å². The molecule has 1 heterocycles. The van der Waals surface area contributed by atoms with Crippen LogP contribution >= 0.6 is 0 Å². The first-order valence-corrected chi connectivity index (χ1v) is 9.66. The summed E-state index contributed by atoms with van der Waals surface area (Å²) in [6.07, 6.45) is 25.3. The zero-order valence-electron chi connectivity index (χ0n) is 14.2. The van der Waals surface area contributed by atoms with Crippen LogP contribution in [0.5, 0.6) is 0 Å². The van der Waals surface area contributed by atoms with Crippen molar-refractivity contribution in [3.05, 3.63) is 47.2 Å². The molecule has 0 aromatic heterocycles. The van der Waals surface area contributed by atoms with Gasteiger partial charge < -0.3 is 5.43 Å². The maximum atomic E-state index is 3.52. The molecule has 23 heavy (non-hydrogen) atoms. The Balaban J connectivity index is 1.38. The lowest BCUT2D eigenvalue weighted by Crippen LogP contribution is -2.35. The Hall–Kier alpha value is -1.28. The SMILES string of the molecule is C1=CC[C@@H](C2=CC(C3=CC[C@H](C4=CCCCC4)CC3)NN2)CC1. The quantitative estimate of drug-likeness (QED) is 0.722. The van der Waals surface area contributed by atoms with E-state index in [9.17, 15) is 0 Å². The number of hydrazine groups is 1. The average molecular weight is 310 g/mol. The minimum absolute atomic E-state index is 0.428. The van der Waals surface area contributed by atoms with Gasteiger partial charge in [0.15, 0.2) is 0 Å². The van der Waals surface area contributed by atoms with Crippen LogP contribution in [0.1, 0.15) is 64.2 Å². The molecule has 0 saturated heterocycles. The van der Waals surface area contributed by atoms with Crippen molar-refractivity contribution >= 4 is 0 Å². The van der Waals surface area contributed by atoms with E-state index in [4.69, 9.17) is 0 Å². The monoisotopic (exact) mass is 310 g/mol. The molecule has 0 aromatic rings. The molecular weight excluding hydrogens is 280 g/mol. The number of rotatable bonds is 3. The standard InChI is InChI=1S/C21H30N2/c1-3-7-16(8-4-1)17-11-13-19(14-12-17)21-15-20(22-23-21)18-9-5-2-6-10-18/h2,5,7,13,15,17-18,21-23H,1,3-4,6,8-12,14H2/t17-,18+,21?/m0/s1. The third kappa shape index (κ3) is 3.47. The number of allylic oxidation sites excluding steroid dienone is 6. The van der Waals surface area contributed by atoms with Gasteiger partial charge in [-0.1, -0.05) is 35.5 Å². The van der Waals surface area contributed by atoms with Crippen LogP contribution in [0.4, 0.5) is 0 Å². The molecule has 0 radical (unpaired) electrons. The lowest BCUT2D eigenvalue weighted by atomic mass is 9.79. The van der Waals surface area contributed by atoms with Crippen LogP contribution < -0.4 is 10.9 Å². The zero-order chi connectivity index (χ0) is 15.5. The molecule has 3 atom stereocenters. The van der Waals surface area contributed by atoms with E-state index in [1.165, 1.54) is 69.9 Å². The van der Waals surface area contributed by atoms with Crippen LogP contribution in [-0.4, -0.2) is 6.04 Å². The fourth-order valence-electron chi connectivity index (χ4n) is 4.65. The first-order valence-electron chi connectivity index (χ1n) is 9.66. The lowest BCUT2D eigenvalue weighted by molar-refractivity contribution is 0.471. The van der Waals surface area contributed by atoms with Crippen molar-refractivity contribution < 1.29 is 0 Å². The average Bonchev–Trinajstić information content (AvgIpc) is 3.14. The molecule has 0 aromatic carbocycles. The number of hydrogen-bond donors (Lipinski definition) is 2. The van der Waals surface area contributed by atoms with Crippen LogP contribution in [0.25, 0.3) is 0 Å². The summed E-state index contributed by atoms with van der Waals surface area (Å²) < 4.78 is 0. The molecule has 0 saturated carbocycles. The third-order valence-corrected chi connectivity index (χ3v) is 6.12. The van der Waals surface area contributed by atoms with Crippen LogP contribution in [0, 0.1) is 11.8 Å². The summed E-state index contributed by atoms with van der Waals surface area (Å²) in [4.78, 5) is 0. The summed E-state index contributed by atoms with van der Waals surface area (Å²) in [7, 11) is 0.